The van der Waals surface area contributed by atoms with Gasteiger partial charge in [-0.05, 0) is 90.5 Å². The molecule has 3 heterocycles. The number of allylic oxidation sites excluding steroid dienone is 1. The number of rotatable bonds is 3. The van der Waals surface area contributed by atoms with Crippen LogP contribution in [-0.2, 0) is 6.42 Å². The number of thiophene rings is 1. The standard InChI is InChI=1S/C45H27N3O2S/c49-43-33-12-1-2-13-34(33)44(50)36-25-40-37(24-35(36)43)46-45(48(40)28-21-22-32-31-11-5-8-16-41(31)51-42(32)23-28)26-17-19-27(20-18-26)47-38-14-6-3-9-29(38)30-10-4-7-15-39(30)47/h1-4,6-10,12-25H,5,11H2. The van der Waals surface area contributed by atoms with Crippen LogP contribution in [0.1, 0.15) is 48.7 Å². The van der Waals surface area contributed by atoms with Crippen LogP contribution in [0.4, 0.5) is 0 Å². The van der Waals surface area contributed by atoms with Crippen LogP contribution in [0, 0.1) is 0 Å². The fraction of sp³-hybridized carbons (Fsp3) is 0.0444. The number of benzene rings is 6. The zero-order valence-corrected chi connectivity index (χ0v) is 28.1. The van der Waals surface area contributed by atoms with Gasteiger partial charge in [0.2, 0.25) is 0 Å². The Bertz CT molecular complexity index is 2960. The second-order valence-corrected chi connectivity index (χ2v) is 14.4. The molecule has 0 bridgehead atoms. The Morgan fingerprint density at radius 1 is 0.569 bits per heavy atom. The largest absolute Gasteiger partial charge is 0.309 e. The van der Waals surface area contributed by atoms with E-state index >= 15 is 0 Å². The summed E-state index contributed by atoms with van der Waals surface area (Å²) < 4.78 is 5.68. The first-order valence-corrected chi connectivity index (χ1v) is 18.0. The first-order chi connectivity index (χ1) is 25.1. The summed E-state index contributed by atoms with van der Waals surface area (Å²) in [5.74, 6) is 0.464. The number of carbonyl (C=O) groups excluding carboxylic acids is 2. The minimum Gasteiger partial charge on any atom is -0.309 e. The Kier molecular flexibility index (Phi) is 5.90. The zero-order chi connectivity index (χ0) is 33.8. The van der Waals surface area contributed by atoms with Crippen molar-refractivity contribution in [1.82, 2.24) is 14.1 Å². The van der Waals surface area contributed by atoms with Gasteiger partial charge in [-0.1, -0.05) is 72.8 Å². The molecule has 3 aromatic heterocycles. The monoisotopic (exact) mass is 673 g/mol. The summed E-state index contributed by atoms with van der Waals surface area (Å²) in [6.07, 6.45) is 6.60. The van der Waals surface area contributed by atoms with Crippen molar-refractivity contribution in [3.05, 3.63) is 166 Å². The van der Waals surface area contributed by atoms with Crippen LogP contribution in [0.15, 0.2) is 133 Å². The van der Waals surface area contributed by atoms with Crippen LogP contribution in [0.5, 0.6) is 0 Å². The SMILES string of the molecule is O=C1c2ccccc2C(=O)c2cc3c(cc21)nc(-c1ccc(-n2c4ccccc4c4ccccc42)cc1)n3-c1ccc2c3c(sc2c1)C=CCC3. The van der Waals surface area contributed by atoms with Gasteiger partial charge in [-0.15, -0.1) is 11.3 Å². The van der Waals surface area contributed by atoms with Gasteiger partial charge in [0, 0.05) is 59.5 Å². The van der Waals surface area contributed by atoms with E-state index in [1.165, 1.54) is 31.3 Å². The summed E-state index contributed by atoms with van der Waals surface area (Å²) in [4.78, 5) is 34.1. The lowest BCUT2D eigenvalue weighted by atomic mass is 9.84. The number of nitrogens with zero attached hydrogens (tertiary/aromatic N) is 3. The minimum absolute atomic E-state index is 0.139. The van der Waals surface area contributed by atoms with Gasteiger partial charge in [-0.2, -0.15) is 0 Å². The average molecular weight is 674 g/mol. The molecule has 0 aliphatic heterocycles. The highest BCUT2D eigenvalue weighted by Crippen LogP contribution is 2.40. The molecule has 0 N–H and O–H groups in total. The van der Waals surface area contributed by atoms with Crippen LogP contribution in [0.25, 0.3) is 71.8 Å². The number of hydrogen-bond acceptors (Lipinski definition) is 4. The van der Waals surface area contributed by atoms with E-state index in [4.69, 9.17) is 4.98 Å². The van der Waals surface area contributed by atoms with E-state index in [9.17, 15) is 9.59 Å². The molecule has 0 amide bonds. The van der Waals surface area contributed by atoms with Gasteiger partial charge in [-0.3, -0.25) is 14.2 Å². The average Bonchev–Trinajstić information content (AvgIpc) is 3.85. The van der Waals surface area contributed by atoms with Crippen LogP contribution < -0.4 is 0 Å². The summed E-state index contributed by atoms with van der Waals surface area (Å²) in [5, 5.41) is 3.73. The zero-order valence-electron chi connectivity index (χ0n) is 27.3. The predicted molar refractivity (Wildman–Crippen MR) is 207 cm³/mol. The summed E-state index contributed by atoms with van der Waals surface area (Å²) in [7, 11) is 0. The molecule has 2 aliphatic carbocycles. The van der Waals surface area contributed by atoms with Crippen LogP contribution in [0.3, 0.4) is 0 Å². The maximum Gasteiger partial charge on any atom is 0.194 e. The Hall–Kier alpha value is -6.37. The summed E-state index contributed by atoms with van der Waals surface area (Å²) in [6.45, 7) is 0. The fourth-order valence-electron chi connectivity index (χ4n) is 8.19. The normalized spacial score (nSPS) is 13.7. The van der Waals surface area contributed by atoms with Crippen molar-refractivity contribution in [3.63, 3.8) is 0 Å². The lowest BCUT2D eigenvalue weighted by Crippen LogP contribution is -2.20. The van der Waals surface area contributed by atoms with E-state index in [0.29, 0.717) is 27.8 Å². The lowest BCUT2D eigenvalue weighted by Gasteiger charge is -2.17. The summed E-state index contributed by atoms with van der Waals surface area (Å²) in [6, 6.07) is 43.0. The molecule has 0 unspecified atom stereocenters. The molecule has 0 spiro atoms. The Labute approximate surface area is 296 Å². The highest BCUT2D eigenvalue weighted by atomic mass is 32.1. The number of para-hydroxylation sites is 2. The van der Waals surface area contributed by atoms with E-state index in [0.717, 1.165) is 52.2 Å². The Morgan fingerprint density at radius 3 is 1.94 bits per heavy atom. The highest BCUT2D eigenvalue weighted by molar-refractivity contribution is 7.20. The van der Waals surface area contributed by atoms with E-state index in [-0.39, 0.29) is 11.6 Å². The van der Waals surface area contributed by atoms with Crippen molar-refractivity contribution in [2.24, 2.45) is 0 Å². The Balaban J connectivity index is 1.13. The third-order valence-electron chi connectivity index (χ3n) is 10.6. The molecule has 51 heavy (non-hydrogen) atoms. The molecule has 0 saturated carbocycles. The minimum atomic E-state index is -0.146. The number of aromatic nitrogens is 3. The summed E-state index contributed by atoms with van der Waals surface area (Å²) >= 11 is 1.81. The second kappa shape index (κ2) is 10.6. The van der Waals surface area contributed by atoms with Crippen molar-refractivity contribution >= 4 is 71.9 Å². The lowest BCUT2D eigenvalue weighted by molar-refractivity contribution is 0.0979. The van der Waals surface area contributed by atoms with Crippen LogP contribution >= 0.6 is 11.3 Å². The number of imidazole rings is 1. The van der Waals surface area contributed by atoms with E-state index in [1.54, 1.807) is 24.3 Å². The molecular formula is C45H27N3O2S. The first kappa shape index (κ1) is 28.5. The molecule has 11 rings (SSSR count). The summed E-state index contributed by atoms with van der Waals surface area (Å²) in [5.41, 5.74) is 9.83. The molecule has 2 aliphatic rings. The van der Waals surface area contributed by atoms with E-state index in [2.05, 4.69) is 112 Å². The van der Waals surface area contributed by atoms with Crippen LogP contribution in [-0.4, -0.2) is 25.7 Å². The number of aryl methyl sites for hydroxylation is 1. The molecule has 5 nitrogen and oxygen atoms in total. The van der Waals surface area contributed by atoms with Gasteiger partial charge < -0.3 is 4.57 Å². The molecule has 9 aromatic rings. The second-order valence-electron chi connectivity index (χ2n) is 13.3. The van der Waals surface area contributed by atoms with Crippen LogP contribution in [0.2, 0.25) is 0 Å². The van der Waals surface area contributed by atoms with Gasteiger partial charge in [0.1, 0.15) is 5.82 Å². The van der Waals surface area contributed by atoms with Crippen molar-refractivity contribution in [2.75, 3.05) is 0 Å². The molecular weight excluding hydrogens is 647 g/mol. The smallest absolute Gasteiger partial charge is 0.194 e. The molecule has 0 saturated heterocycles. The van der Waals surface area contributed by atoms with Crippen molar-refractivity contribution in [1.29, 1.82) is 0 Å². The number of fused-ring (bicyclic) bond motifs is 9. The quantitative estimate of drug-likeness (QED) is 0.188. The van der Waals surface area contributed by atoms with E-state index < -0.39 is 0 Å². The van der Waals surface area contributed by atoms with Crippen molar-refractivity contribution < 1.29 is 9.59 Å². The number of hydrogen-bond donors (Lipinski definition) is 0. The van der Waals surface area contributed by atoms with Gasteiger partial charge in [-0.25, -0.2) is 4.98 Å². The van der Waals surface area contributed by atoms with Gasteiger partial charge >= 0.3 is 0 Å². The highest BCUT2D eigenvalue weighted by Gasteiger charge is 2.31. The Morgan fingerprint density at radius 2 is 1.22 bits per heavy atom. The van der Waals surface area contributed by atoms with Gasteiger partial charge in [0.05, 0.1) is 22.1 Å². The van der Waals surface area contributed by atoms with Crippen molar-refractivity contribution in [3.8, 4) is 22.8 Å². The third-order valence-corrected chi connectivity index (χ3v) is 11.7. The molecule has 0 radical (unpaired) electrons. The molecule has 6 aromatic carbocycles. The molecule has 0 atom stereocenters. The maximum absolute atomic E-state index is 13.9. The molecule has 240 valence electrons. The number of carbonyl (C=O) groups is 2. The first-order valence-electron chi connectivity index (χ1n) is 17.2. The molecule has 6 heteroatoms. The fourth-order valence-corrected chi connectivity index (χ4v) is 9.41. The predicted octanol–water partition coefficient (Wildman–Crippen LogP) is 10.7. The van der Waals surface area contributed by atoms with Crippen molar-refractivity contribution in [2.45, 2.75) is 12.8 Å². The van der Waals surface area contributed by atoms with Gasteiger partial charge in [0.25, 0.3) is 0 Å². The van der Waals surface area contributed by atoms with Gasteiger partial charge in [0.15, 0.2) is 11.6 Å². The third kappa shape index (κ3) is 4.05. The number of ketones is 2. The molecule has 0 fully saturated rings. The van der Waals surface area contributed by atoms with E-state index in [1.807, 2.05) is 23.5 Å². The maximum atomic E-state index is 13.9. The topological polar surface area (TPSA) is 56.9 Å².